The van der Waals surface area contributed by atoms with Gasteiger partial charge in [0.25, 0.3) is 0 Å². The van der Waals surface area contributed by atoms with Crippen molar-refractivity contribution in [3.63, 3.8) is 0 Å². The van der Waals surface area contributed by atoms with Crippen LogP contribution in [0.1, 0.15) is 12.8 Å². The molecule has 31 heavy (non-hydrogen) atoms. The van der Waals surface area contributed by atoms with Crippen LogP contribution in [0.25, 0.3) is 22.4 Å². The SMILES string of the molecule is CN(C)C(=O)[C@H]1CN2CC[C@H]1C[C@@H]2Cn1cc(-c2ccc(-c3ccccc3)cc2)nn1. The molecule has 160 valence electrons. The molecule has 2 aromatic carbocycles. The third kappa shape index (κ3) is 4.00. The fraction of sp³-hybridized carbons (Fsp3) is 0.400. The van der Waals surface area contributed by atoms with Gasteiger partial charge in [0.1, 0.15) is 5.69 Å². The van der Waals surface area contributed by atoms with Crippen molar-refractivity contribution >= 4 is 5.91 Å². The number of rotatable bonds is 5. The number of piperidine rings is 3. The first-order valence-corrected chi connectivity index (χ1v) is 11.1. The largest absolute Gasteiger partial charge is 0.349 e. The third-order valence-corrected chi connectivity index (χ3v) is 6.86. The minimum absolute atomic E-state index is 0.148. The van der Waals surface area contributed by atoms with Crippen LogP contribution in [0.2, 0.25) is 0 Å². The molecular weight excluding hydrogens is 386 g/mol. The van der Waals surface area contributed by atoms with E-state index in [0.29, 0.717) is 12.0 Å². The van der Waals surface area contributed by atoms with Gasteiger partial charge in [-0.15, -0.1) is 5.10 Å². The topological polar surface area (TPSA) is 54.3 Å². The van der Waals surface area contributed by atoms with Crippen molar-refractivity contribution in [2.24, 2.45) is 11.8 Å². The molecule has 0 saturated carbocycles. The van der Waals surface area contributed by atoms with Gasteiger partial charge >= 0.3 is 0 Å². The van der Waals surface area contributed by atoms with Crippen molar-refractivity contribution in [1.29, 1.82) is 0 Å². The predicted octanol–water partition coefficient (Wildman–Crippen LogP) is 3.41. The molecule has 3 fully saturated rings. The Morgan fingerprint density at radius 2 is 1.74 bits per heavy atom. The van der Waals surface area contributed by atoms with Gasteiger partial charge in [-0.05, 0) is 36.4 Å². The van der Waals surface area contributed by atoms with E-state index >= 15 is 0 Å². The number of fused-ring (bicyclic) bond motifs is 3. The third-order valence-electron chi connectivity index (χ3n) is 6.86. The van der Waals surface area contributed by atoms with E-state index in [9.17, 15) is 4.79 Å². The molecule has 0 spiro atoms. The Bertz CT molecular complexity index is 1040. The average Bonchev–Trinajstić information content (AvgIpc) is 3.28. The van der Waals surface area contributed by atoms with Crippen LogP contribution in [0, 0.1) is 11.8 Å². The highest BCUT2D eigenvalue weighted by Crippen LogP contribution is 2.37. The maximum atomic E-state index is 12.5. The van der Waals surface area contributed by atoms with Gasteiger partial charge in [0.05, 0.1) is 18.7 Å². The van der Waals surface area contributed by atoms with Crippen LogP contribution in [-0.4, -0.2) is 63.9 Å². The number of nitrogens with zero attached hydrogens (tertiary/aromatic N) is 5. The summed E-state index contributed by atoms with van der Waals surface area (Å²) in [4.78, 5) is 16.7. The number of carbonyl (C=O) groups is 1. The molecule has 2 bridgehead atoms. The Morgan fingerprint density at radius 3 is 2.42 bits per heavy atom. The fourth-order valence-corrected chi connectivity index (χ4v) is 5.14. The molecule has 6 nitrogen and oxygen atoms in total. The monoisotopic (exact) mass is 415 g/mol. The fourth-order valence-electron chi connectivity index (χ4n) is 5.14. The molecule has 3 aliphatic heterocycles. The van der Waals surface area contributed by atoms with Gasteiger partial charge in [-0.1, -0.05) is 59.8 Å². The predicted molar refractivity (Wildman–Crippen MR) is 121 cm³/mol. The quantitative estimate of drug-likeness (QED) is 0.641. The van der Waals surface area contributed by atoms with Crippen molar-refractivity contribution < 1.29 is 4.79 Å². The van der Waals surface area contributed by atoms with Gasteiger partial charge in [0, 0.05) is 32.2 Å². The summed E-state index contributed by atoms with van der Waals surface area (Å²) in [5.74, 6) is 0.906. The highest BCUT2D eigenvalue weighted by Gasteiger charge is 2.43. The standard InChI is InChI=1S/C25H29N5O/c1-28(2)25(31)23-16-29-13-12-21(23)14-22(29)15-30-17-24(26-27-30)20-10-8-19(9-11-20)18-6-4-3-5-7-18/h3-11,17,21-23H,12-16H2,1-2H3/t21-,22+,23-/m0/s1. The highest BCUT2D eigenvalue weighted by molar-refractivity contribution is 5.79. The summed E-state index contributed by atoms with van der Waals surface area (Å²) in [5, 5.41) is 8.81. The lowest BCUT2D eigenvalue weighted by molar-refractivity contribution is -0.141. The van der Waals surface area contributed by atoms with Gasteiger partial charge in [0.15, 0.2) is 0 Å². The van der Waals surface area contributed by atoms with Crippen LogP contribution < -0.4 is 0 Å². The Kier molecular flexibility index (Phi) is 5.32. The van der Waals surface area contributed by atoms with Crippen LogP contribution in [0.15, 0.2) is 60.8 Å². The number of carbonyl (C=O) groups excluding carboxylic acids is 1. The van der Waals surface area contributed by atoms with Crippen LogP contribution in [-0.2, 0) is 11.3 Å². The lowest BCUT2D eigenvalue weighted by atomic mass is 9.75. The van der Waals surface area contributed by atoms with Crippen molar-refractivity contribution in [1.82, 2.24) is 24.8 Å². The Balaban J connectivity index is 1.25. The molecule has 1 aromatic heterocycles. The summed E-state index contributed by atoms with van der Waals surface area (Å²) in [6, 6.07) is 19.3. The summed E-state index contributed by atoms with van der Waals surface area (Å²) >= 11 is 0. The summed E-state index contributed by atoms with van der Waals surface area (Å²) in [5.41, 5.74) is 4.39. The van der Waals surface area contributed by atoms with Crippen LogP contribution in [0.3, 0.4) is 0 Å². The van der Waals surface area contributed by atoms with E-state index in [1.54, 1.807) is 4.90 Å². The normalized spacial score (nSPS) is 24.8. The molecule has 1 unspecified atom stereocenters. The van der Waals surface area contributed by atoms with Crippen molar-refractivity contribution in [3.05, 3.63) is 60.8 Å². The molecule has 3 aliphatic rings. The number of hydrogen-bond donors (Lipinski definition) is 0. The van der Waals surface area contributed by atoms with Gasteiger partial charge in [-0.3, -0.25) is 14.4 Å². The van der Waals surface area contributed by atoms with E-state index in [1.165, 1.54) is 11.1 Å². The molecule has 4 heterocycles. The highest BCUT2D eigenvalue weighted by atomic mass is 16.2. The minimum atomic E-state index is 0.148. The Hall–Kier alpha value is -2.99. The smallest absolute Gasteiger partial charge is 0.226 e. The Morgan fingerprint density at radius 1 is 1.03 bits per heavy atom. The first kappa shape index (κ1) is 19.9. The van der Waals surface area contributed by atoms with Crippen LogP contribution in [0.4, 0.5) is 0 Å². The number of amides is 1. The molecule has 1 amide bonds. The first-order chi connectivity index (χ1) is 15.1. The van der Waals surface area contributed by atoms with E-state index < -0.39 is 0 Å². The second-order valence-electron chi connectivity index (χ2n) is 9.04. The maximum absolute atomic E-state index is 12.5. The zero-order chi connectivity index (χ0) is 21.4. The summed E-state index contributed by atoms with van der Waals surface area (Å²) in [6.45, 7) is 2.78. The molecule has 0 N–H and O–H groups in total. The van der Waals surface area contributed by atoms with Gasteiger partial charge in [-0.25, -0.2) is 0 Å². The molecular formula is C25H29N5O. The van der Waals surface area contributed by atoms with E-state index in [0.717, 1.165) is 43.7 Å². The van der Waals surface area contributed by atoms with Crippen molar-refractivity contribution in [3.8, 4) is 22.4 Å². The van der Waals surface area contributed by atoms with Gasteiger partial charge in [0.2, 0.25) is 5.91 Å². The molecule has 0 aliphatic carbocycles. The number of benzene rings is 2. The molecule has 4 atom stereocenters. The van der Waals surface area contributed by atoms with E-state index in [-0.39, 0.29) is 11.8 Å². The maximum Gasteiger partial charge on any atom is 0.226 e. The minimum Gasteiger partial charge on any atom is -0.349 e. The van der Waals surface area contributed by atoms with Crippen LogP contribution >= 0.6 is 0 Å². The molecule has 3 saturated heterocycles. The number of aromatic nitrogens is 3. The summed E-state index contributed by atoms with van der Waals surface area (Å²) in [7, 11) is 3.72. The Labute approximate surface area is 183 Å². The zero-order valence-electron chi connectivity index (χ0n) is 18.2. The van der Waals surface area contributed by atoms with Gasteiger partial charge < -0.3 is 4.90 Å². The molecule has 0 radical (unpaired) electrons. The lowest BCUT2D eigenvalue weighted by Crippen LogP contribution is -2.57. The summed E-state index contributed by atoms with van der Waals surface area (Å²) < 4.78 is 1.97. The first-order valence-electron chi connectivity index (χ1n) is 11.1. The molecule has 6 rings (SSSR count). The van der Waals surface area contributed by atoms with E-state index in [2.05, 4.69) is 63.7 Å². The lowest BCUT2D eigenvalue weighted by Gasteiger charge is -2.49. The second-order valence-corrected chi connectivity index (χ2v) is 9.04. The van der Waals surface area contributed by atoms with E-state index in [1.807, 2.05) is 31.0 Å². The van der Waals surface area contributed by atoms with E-state index in [4.69, 9.17) is 0 Å². The molecule has 3 aromatic rings. The average molecular weight is 416 g/mol. The van der Waals surface area contributed by atoms with Crippen LogP contribution in [0.5, 0.6) is 0 Å². The van der Waals surface area contributed by atoms with Gasteiger partial charge in [-0.2, -0.15) is 0 Å². The second kappa shape index (κ2) is 8.27. The zero-order valence-corrected chi connectivity index (χ0v) is 18.2. The molecule has 6 heteroatoms. The summed E-state index contributed by atoms with van der Waals surface area (Å²) in [6.07, 6.45) is 4.23. The van der Waals surface area contributed by atoms with Crippen molar-refractivity contribution in [2.45, 2.75) is 25.4 Å². The van der Waals surface area contributed by atoms with Crippen molar-refractivity contribution in [2.75, 3.05) is 27.2 Å². The number of hydrogen-bond acceptors (Lipinski definition) is 4.